The van der Waals surface area contributed by atoms with Crippen molar-refractivity contribution in [1.82, 2.24) is 4.98 Å². The molecule has 1 amide bonds. The first-order chi connectivity index (χ1) is 15.7. The summed E-state index contributed by atoms with van der Waals surface area (Å²) in [5.41, 5.74) is 1.76. The molecule has 6 nitrogen and oxygen atoms in total. The molecular weight excluding hydrogens is 424 g/mol. The maximum atomic E-state index is 13.7. The lowest BCUT2D eigenvalue weighted by Crippen LogP contribution is -2.46. The number of ether oxygens (including phenoxy) is 3. The lowest BCUT2D eigenvalue weighted by Gasteiger charge is -2.29. The summed E-state index contributed by atoms with van der Waals surface area (Å²) < 4.78 is 18.5. The highest BCUT2D eigenvalue weighted by Gasteiger charge is 2.33. The summed E-state index contributed by atoms with van der Waals surface area (Å²) in [4.78, 5) is 20.1. The quantitative estimate of drug-likeness (QED) is 0.414. The molecule has 4 aromatic rings. The molecule has 0 saturated heterocycles. The minimum atomic E-state index is -0.757. The molecule has 2 heterocycles. The summed E-state index contributed by atoms with van der Waals surface area (Å²) in [7, 11) is 0. The van der Waals surface area contributed by atoms with Crippen LogP contribution in [0.2, 0.25) is 0 Å². The number of fused-ring (bicyclic) bond motifs is 2. The van der Waals surface area contributed by atoms with E-state index in [9.17, 15) is 4.79 Å². The SMILES string of the molecule is CCOc1cccc2sc(N(Cc3ccccc3)C(=O)C3COc4ccccc4O3)nc12. The summed E-state index contributed by atoms with van der Waals surface area (Å²) in [6.45, 7) is 3.02. The van der Waals surface area contributed by atoms with Crippen LogP contribution in [0.1, 0.15) is 12.5 Å². The van der Waals surface area contributed by atoms with Gasteiger partial charge in [0.2, 0.25) is 6.10 Å². The average molecular weight is 447 g/mol. The molecule has 0 radical (unpaired) electrons. The Bertz CT molecular complexity index is 1240. The predicted molar refractivity (Wildman–Crippen MR) is 125 cm³/mol. The van der Waals surface area contributed by atoms with Gasteiger partial charge in [-0.2, -0.15) is 0 Å². The maximum absolute atomic E-state index is 13.7. The van der Waals surface area contributed by atoms with Gasteiger partial charge in [-0.25, -0.2) is 4.98 Å². The van der Waals surface area contributed by atoms with Crippen molar-refractivity contribution in [1.29, 1.82) is 0 Å². The molecule has 1 aliphatic heterocycles. The monoisotopic (exact) mass is 446 g/mol. The van der Waals surface area contributed by atoms with E-state index in [4.69, 9.17) is 19.2 Å². The van der Waals surface area contributed by atoms with E-state index in [-0.39, 0.29) is 12.5 Å². The molecule has 7 heteroatoms. The number of carbonyl (C=O) groups is 1. The highest BCUT2D eigenvalue weighted by atomic mass is 32.1. The molecule has 0 fully saturated rings. The Balaban J connectivity index is 1.50. The first-order valence-corrected chi connectivity index (χ1v) is 11.3. The number of rotatable bonds is 6. The Kier molecular flexibility index (Phi) is 5.64. The van der Waals surface area contributed by atoms with E-state index >= 15 is 0 Å². The van der Waals surface area contributed by atoms with E-state index in [0.29, 0.717) is 35.5 Å². The predicted octanol–water partition coefficient (Wildman–Crippen LogP) is 5.07. The van der Waals surface area contributed by atoms with Crippen molar-refractivity contribution in [2.24, 2.45) is 0 Å². The van der Waals surface area contributed by atoms with Crippen LogP contribution in [0.4, 0.5) is 5.13 Å². The van der Waals surface area contributed by atoms with Crippen molar-refractivity contribution in [3.8, 4) is 17.2 Å². The highest BCUT2D eigenvalue weighted by Crippen LogP contribution is 2.36. The zero-order chi connectivity index (χ0) is 21.9. The van der Waals surface area contributed by atoms with E-state index in [2.05, 4.69) is 0 Å². The lowest BCUT2D eigenvalue weighted by molar-refractivity contribution is -0.127. The second kappa shape index (κ2) is 8.88. The lowest BCUT2D eigenvalue weighted by atomic mass is 10.2. The van der Waals surface area contributed by atoms with Gasteiger partial charge < -0.3 is 14.2 Å². The number of hydrogen-bond acceptors (Lipinski definition) is 6. The van der Waals surface area contributed by atoms with Crippen LogP contribution in [0.25, 0.3) is 10.2 Å². The second-order valence-corrected chi connectivity index (χ2v) is 8.32. The third kappa shape index (κ3) is 3.99. The van der Waals surface area contributed by atoms with Gasteiger partial charge in [0.25, 0.3) is 5.91 Å². The van der Waals surface area contributed by atoms with E-state index in [1.807, 2.05) is 79.7 Å². The molecule has 1 unspecified atom stereocenters. The van der Waals surface area contributed by atoms with Crippen molar-refractivity contribution in [2.45, 2.75) is 19.6 Å². The van der Waals surface area contributed by atoms with E-state index in [0.717, 1.165) is 15.8 Å². The van der Waals surface area contributed by atoms with Gasteiger partial charge in [-0.05, 0) is 36.8 Å². The van der Waals surface area contributed by atoms with Crippen LogP contribution in [-0.2, 0) is 11.3 Å². The molecule has 5 rings (SSSR count). The normalized spacial score (nSPS) is 14.8. The van der Waals surface area contributed by atoms with Gasteiger partial charge in [-0.1, -0.05) is 59.9 Å². The number of thiazole rings is 1. The molecule has 3 aromatic carbocycles. The van der Waals surface area contributed by atoms with Gasteiger partial charge >= 0.3 is 0 Å². The number of amides is 1. The largest absolute Gasteiger partial charge is 0.492 e. The number of nitrogens with zero attached hydrogens (tertiary/aromatic N) is 2. The third-order valence-electron chi connectivity index (χ3n) is 5.13. The van der Waals surface area contributed by atoms with Crippen molar-refractivity contribution < 1.29 is 19.0 Å². The number of anilines is 1. The van der Waals surface area contributed by atoms with Crippen molar-refractivity contribution in [2.75, 3.05) is 18.1 Å². The molecule has 0 spiro atoms. The van der Waals surface area contributed by atoms with E-state index in [1.54, 1.807) is 4.90 Å². The first-order valence-electron chi connectivity index (χ1n) is 10.5. The van der Waals surface area contributed by atoms with Crippen molar-refractivity contribution in [3.05, 3.63) is 78.4 Å². The molecule has 162 valence electrons. The van der Waals surface area contributed by atoms with E-state index in [1.165, 1.54) is 11.3 Å². The summed E-state index contributed by atoms with van der Waals surface area (Å²) in [6, 6.07) is 23.1. The molecule has 1 aromatic heterocycles. The smallest absolute Gasteiger partial charge is 0.273 e. The van der Waals surface area contributed by atoms with Crippen LogP contribution in [0.3, 0.4) is 0 Å². The summed E-state index contributed by atoms with van der Waals surface area (Å²) in [5, 5.41) is 0.600. The molecule has 1 aliphatic rings. The van der Waals surface area contributed by atoms with Crippen molar-refractivity contribution in [3.63, 3.8) is 0 Å². The van der Waals surface area contributed by atoms with Crippen LogP contribution in [0.5, 0.6) is 17.2 Å². The van der Waals surface area contributed by atoms with Gasteiger partial charge in [0.15, 0.2) is 16.6 Å². The molecule has 32 heavy (non-hydrogen) atoms. The average Bonchev–Trinajstić information content (AvgIpc) is 3.28. The van der Waals surface area contributed by atoms with Crippen LogP contribution in [0.15, 0.2) is 72.8 Å². The van der Waals surface area contributed by atoms with Gasteiger partial charge in [0.1, 0.15) is 17.9 Å². The van der Waals surface area contributed by atoms with E-state index < -0.39 is 6.10 Å². The third-order valence-corrected chi connectivity index (χ3v) is 6.18. The van der Waals surface area contributed by atoms with Crippen LogP contribution in [-0.4, -0.2) is 30.2 Å². The fourth-order valence-corrected chi connectivity index (χ4v) is 4.61. The Hall–Kier alpha value is -3.58. The fourth-order valence-electron chi connectivity index (χ4n) is 3.62. The highest BCUT2D eigenvalue weighted by molar-refractivity contribution is 7.22. The number of hydrogen-bond donors (Lipinski definition) is 0. The second-order valence-electron chi connectivity index (χ2n) is 7.31. The standard InChI is InChI=1S/C25H22N2O4S/c1-2-29-20-13-8-14-22-23(20)26-25(32-22)27(15-17-9-4-3-5-10-17)24(28)21-16-30-18-11-6-7-12-19(18)31-21/h3-14,21H,2,15-16H2,1H3. The molecule has 0 saturated carbocycles. The zero-order valence-corrected chi connectivity index (χ0v) is 18.4. The fraction of sp³-hybridized carbons (Fsp3) is 0.200. The van der Waals surface area contributed by atoms with Crippen LogP contribution >= 0.6 is 11.3 Å². The molecular formula is C25H22N2O4S. The Morgan fingerprint density at radius 3 is 2.66 bits per heavy atom. The van der Waals surface area contributed by atoms with Gasteiger partial charge in [-0.15, -0.1) is 0 Å². The number of para-hydroxylation sites is 3. The van der Waals surface area contributed by atoms with Gasteiger partial charge in [0, 0.05) is 0 Å². The number of aromatic nitrogens is 1. The number of carbonyl (C=O) groups excluding carboxylic acids is 1. The Labute approximate surface area is 190 Å². The molecule has 1 atom stereocenters. The first kappa shape index (κ1) is 20.3. The van der Waals surface area contributed by atoms with Crippen molar-refractivity contribution >= 4 is 32.6 Å². The summed E-state index contributed by atoms with van der Waals surface area (Å²) >= 11 is 1.46. The minimum absolute atomic E-state index is 0.149. The molecule has 0 N–H and O–H groups in total. The van der Waals surface area contributed by atoms with Gasteiger partial charge in [0.05, 0.1) is 17.9 Å². The topological polar surface area (TPSA) is 60.9 Å². The van der Waals surface area contributed by atoms with Crippen LogP contribution in [0, 0.1) is 0 Å². The Morgan fingerprint density at radius 2 is 1.84 bits per heavy atom. The van der Waals surface area contributed by atoms with Crippen LogP contribution < -0.4 is 19.1 Å². The minimum Gasteiger partial charge on any atom is -0.492 e. The molecule has 0 aliphatic carbocycles. The van der Waals surface area contributed by atoms with Gasteiger partial charge in [-0.3, -0.25) is 9.69 Å². The summed E-state index contributed by atoms with van der Waals surface area (Å²) in [5.74, 6) is 1.73. The summed E-state index contributed by atoms with van der Waals surface area (Å²) in [6.07, 6.45) is -0.757. The maximum Gasteiger partial charge on any atom is 0.273 e. The molecule has 0 bridgehead atoms. The number of benzene rings is 3. The Morgan fingerprint density at radius 1 is 1.06 bits per heavy atom. The zero-order valence-electron chi connectivity index (χ0n) is 17.6.